The predicted octanol–water partition coefficient (Wildman–Crippen LogP) is 3.23. The molecular weight excluding hydrogens is 292 g/mol. The summed E-state index contributed by atoms with van der Waals surface area (Å²) in [5.74, 6) is -1.03. The van der Waals surface area contributed by atoms with Crippen LogP contribution in [-0.4, -0.2) is 17.0 Å². The van der Waals surface area contributed by atoms with Crippen LogP contribution in [0, 0.1) is 11.6 Å². The average molecular weight is 300 g/mol. The van der Waals surface area contributed by atoms with Gasteiger partial charge in [-0.05, 0) is 34.1 Å². The summed E-state index contributed by atoms with van der Waals surface area (Å²) < 4.78 is 27.6. The molecule has 0 amide bonds. The first-order valence-corrected chi connectivity index (χ1v) is 5.57. The Hall–Kier alpha value is -1.56. The molecule has 88 valence electrons. The van der Waals surface area contributed by atoms with Gasteiger partial charge in [0.15, 0.2) is 0 Å². The van der Waals surface area contributed by atoms with Gasteiger partial charge in [0, 0.05) is 13.2 Å². The number of benzene rings is 1. The van der Waals surface area contributed by atoms with Gasteiger partial charge >= 0.3 is 0 Å². The Morgan fingerprint density at radius 3 is 2.71 bits per heavy atom. The van der Waals surface area contributed by atoms with Crippen molar-refractivity contribution < 1.29 is 8.78 Å². The van der Waals surface area contributed by atoms with E-state index in [9.17, 15) is 8.78 Å². The van der Waals surface area contributed by atoms with Gasteiger partial charge < -0.3 is 5.32 Å². The predicted molar refractivity (Wildman–Crippen MR) is 64.6 cm³/mol. The SMILES string of the molecule is CNc1nccc(-c2c(F)ccc(Br)c2F)n1. The maximum atomic E-state index is 13.8. The number of hydrogen-bond acceptors (Lipinski definition) is 3. The van der Waals surface area contributed by atoms with Gasteiger partial charge in [0.25, 0.3) is 0 Å². The van der Waals surface area contributed by atoms with Crippen molar-refractivity contribution in [3.05, 3.63) is 40.5 Å². The quantitative estimate of drug-likeness (QED) is 0.865. The molecule has 0 fully saturated rings. The minimum absolute atomic E-state index is 0.168. The zero-order chi connectivity index (χ0) is 12.4. The summed E-state index contributed by atoms with van der Waals surface area (Å²) in [7, 11) is 1.63. The van der Waals surface area contributed by atoms with Crippen molar-refractivity contribution in [1.82, 2.24) is 9.97 Å². The molecule has 0 aliphatic heterocycles. The Kier molecular flexibility index (Phi) is 3.33. The lowest BCUT2D eigenvalue weighted by Crippen LogP contribution is -1.99. The summed E-state index contributed by atoms with van der Waals surface area (Å²) in [4.78, 5) is 7.89. The lowest BCUT2D eigenvalue weighted by Gasteiger charge is -2.07. The maximum absolute atomic E-state index is 13.8. The van der Waals surface area contributed by atoms with E-state index < -0.39 is 11.6 Å². The minimum atomic E-state index is -0.675. The van der Waals surface area contributed by atoms with Gasteiger partial charge in [-0.1, -0.05) is 0 Å². The average Bonchev–Trinajstić information content (AvgIpc) is 2.35. The van der Waals surface area contributed by atoms with Gasteiger partial charge in [0.2, 0.25) is 5.95 Å². The molecule has 1 aromatic carbocycles. The molecule has 0 aliphatic carbocycles. The third-order valence-electron chi connectivity index (χ3n) is 2.18. The number of nitrogens with zero attached hydrogens (tertiary/aromatic N) is 2. The van der Waals surface area contributed by atoms with E-state index in [1.54, 1.807) is 7.05 Å². The summed E-state index contributed by atoms with van der Waals surface area (Å²) in [6, 6.07) is 3.95. The van der Waals surface area contributed by atoms with E-state index in [1.807, 2.05) is 0 Å². The van der Waals surface area contributed by atoms with Gasteiger partial charge in [0.05, 0.1) is 15.7 Å². The van der Waals surface area contributed by atoms with Crippen molar-refractivity contribution in [2.45, 2.75) is 0 Å². The molecule has 0 bridgehead atoms. The van der Waals surface area contributed by atoms with Crippen molar-refractivity contribution in [2.75, 3.05) is 12.4 Å². The van der Waals surface area contributed by atoms with E-state index in [2.05, 4.69) is 31.2 Å². The highest BCUT2D eigenvalue weighted by atomic mass is 79.9. The number of anilines is 1. The first kappa shape index (κ1) is 11.9. The molecule has 0 unspecified atom stereocenters. The fourth-order valence-corrected chi connectivity index (χ4v) is 1.71. The highest BCUT2D eigenvalue weighted by molar-refractivity contribution is 9.10. The third kappa shape index (κ3) is 2.26. The van der Waals surface area contributed by atoms with Gasteiger partial charge in [-0.25, -0.2) is 18.7 Å². The Bertz CT molecular complexity index is 560. The first-order chi connectivity index (χ1) is 8.13. The fraction of sp³-hybridized carbons (Fsp3) is 0.0909. The molecule has 0 spiro atoms. The van der Waals surface area contributed by atoms with E-state index in [0.717, 1.165) is 0 Å². The molecule has 2 rings (SSSR count). The van der Waals surface area contributed by atoms with Crippen LogP contribution >= 0.6 is 15.9 Å². The van der Waals surface area contributed by atoms with Crippen LogP contribution in [0.15, 0.2) is 28.9 Å². The zero-order valence-corrected chi connectivity index (χ0v) is 10.4. The number of rotatable bonds is 2. The van der Waals surface area contributed by atoms with E-state index in [1.165, 1.54) is 24.4 Å². The van der Waals surface area contributed by atoms with Crippen molar-refractivity contribution in [2.24, 2.45) is 0 Å². The van der Waals surface area contributed by atoms with Crippen LogP contribution in [0.4, 0.5) is 14.7 Å². The van der Waals surface area contributed by atoms with E-state index in [0.29, 0.717) is 5.95 Å². The summed E-state index contributed by atoms with van der Waals surface area (Å²) in [6.45, 7) is 0. The standard InChI is InChI=1S/C11H8BrF2N3/c1-15-11-16-5-4-8(17-11)9-7(13)3-2-6(12)10(9)14/h2-5H,1H3,(H,15,16,17). The van der Waals surface area contributed by atoms with Crippen molar-refractivity contribution in [3.63, 3.8) is 0 Å². The van der Waals surface area contributed by atoms with Crippen LogP contribution in [0.25, 0.3) is 11.3 Å². The monoisotopic (exact) mass is 299 g/mol. The molecule has 1 aromatic heterocycles. The molecule has 0 saturated carbocycles. The molecule has 1 N–H and O–H groups in total. The van der Waals surface area contributed by atoms with E-state index in [-0.39, 0.29) is 15.7 Å². The molecule has 0 atom stereocenters. The second-order valence-electron chi connectivity index (χ2n) is 3.23. The topological polar surface area (TPSA) is 37.8 Å². The number of halogens is 3. The molecule has 0 saturated heterocycles. The second kappa shape index (κ2) is 4.75. The molecule has 2 aromatic rings. The molecule has 6 heteroatoms. The molecule has 0 radical (unpaired) electrons. The summed E-state index contributed by atoms with van der Waals surface area (Å²) in [5, 5.41) is 2.71. The van der Waals surface area contributed by atoms with Crippen LogP contribution in [0.2, 0.25) is 0 Å². The number of aromatic nitrogens is 2. The highest BCUT2D eigenvalue weighted by Crippen LogP contribution is 2.29. The lowest BCUT2D eigenvalue weighted by atomic mass is 10.1. The van der Waals surface area contributed by atoms with Crippen molar-refractivity contribution >= 4 is 21.9 Å². The zero-order valence-electron chi connectivity index (χ0n) is 8.84. The minimum Gasteiger partial charge on any atom is -0.357 e. The lowest BCUT2D eigenvalue weighted by molar-refractivity contribution is 0.584. The first-order valence-electron chi connectivity index (χ1n) is 4.78. The maximum Gasteiger partial charge on any atom is 0.222 e. The Morgan fingerprint density at radius 2 is 2.00 bits per heavy atom. The second-order valence-corrected chi connectivity index (χ2v) is 4.09. The van der Waals surface area contributed by atoms with Crippen LogP contribution in [-0.2, 0) is 0 Å². The molecular formula is C11H8BrF2N3. The van der Waals surface area contributed by atoms with Crippen LogP contribution < -0.4 is 5.32 Å². The molecule has 0 aliphatic rings. The Morgan fingerprint density at radius 1 is 1.24 bits per heavy atom. The normalized spacial score (nSPS) is 10.4. The Labute approximate surface area is 105 Å². The third-order valence-corrected chi connectivity index (χ3v) is 2.79. The summed E-state index contributed by atoms with van der Waals surface area (Å²) >= 11 is 3.01. The largest absolute Gasteiger partial charge is 0.357 e. The van der Waals surface area contributed by atoms with Gasteiger partial charge in [-0.15, -0.1) is 0 Å². The smallest absolute Gasteiger partial charge is 0.222 e. The van der Waals surface area contributed by atoms with Gasteiger partial charge in [0.1, 0.15) is 11.6 Å². The summed E-state index contributed by atoms with van der Waals surface area (Å²) in [6.07, 6.45) is 1.44. The van der Waals surface area contributed by atoms with Crippen molar-refractivity contribution in [3.8, 4) is 11.3 Å². The Balaban J connectivity index is 2.63. The molecule has 17 heavy (non-hydrogen) atoms. The fourth-order valence-electron chi connectivity index (χ4n) is 1.38. The highest BCUT2D eigenvalue weighted by Gasteiger charge is 2.15. The molecule has 1 heterocycles. The van der Waals surface area contributed by atoms with Gasteiger partial charge in [-0.2, -0.15) is 0 Å². The number of nitrogens with one attached hydrogen (secondary N) is 1. The van der Waals surface area contributed by atoms with Crippen molar-refractivity contribution in [1.29, 1.82) is 0 Å². The van der Waals surface area contributed by atoms with Crippen LogP contribution in [0.3, 0.4) is 0 Å². The van der Waals surface area contributed by atoms with Crippen LogP contribution in [0.5, 0.6) is 0 Å². The summed E-state index contributed by atoms with van der Waals surface area (Å²) in [5.41, 5.74) is 0.0268. The van der Waals surface area contributed by atoms with E-state index >= 15 is 0 Å². The number of hydrogen-bond donors (Lipinski definition) is 1. The van der Waals surface area contributed by atoms with Crippen LogP contribution in [0.1, 0.15) is 0 Å². The van der Waals surface area contributed by atoms with Gasteiger partial charge in [-0.3, -0.25) is 0 Å². The molecule has 3 nitrogen and oxygen atoms in total. The van der Waals surface area contributed by atoms with E-state index in [4.69, 9.17) is 0 Å².